The molecule has 24 heavy (non-hydrogen) atoms. The first-order valence-corrected chi connectivity index (χ1v) is 8.50. The Labute approximate surface area is 143 Å². The van der Waals surface area contributed by atoms with Crippen LogP contribution in [0, 0.1) is 0 Å². The number of nitrogens with zero attached hydrogens (tertiary/aromatic N) is 4. The molecule has 3 rings (SSSR count). The fourth-order valence-corrected chi connectivity index (χ4v) is 2.90. The van der Waals surface area contributed by atoms with Crippen LogP contribution < -0.4 is 10.6 Å². The maximum absolute atomic E-state index is 11.8. The van der Waals surface area contributed by atoms with Gasteiger partial charge in [0.05, 0.1) is 6.54 Å². The van der Waals surface area contributed by atoms with Crippen molar-refractivity contribution >= 4 is 17.4 Å². The monoisotopic (exact) mass is 342 g/mol. The third kappa shape index (κ3) is 4.63. The number of carbonyl (C=O) groups excluding carboxylic acids is 1. The smallest absolute Gasteiger partial charge is 0.315 e. The third-order valence-corrected chi connectivity index (χ3v) is 4.27. The lowest BCUT2D eigenvalue weighted by Crippen LogP contribution is -2.35. The molecule has 2 heterocycles. The molecule has 0 aliphatic heterocycles. The van der Waals surface area contributed by atoms with Gasteiger partial charge in [-0.05, 0) is 12.5 Å². The van der Waals surface area contributed by atoms with Crippen LogP contribution in [0.2, 0.25) is 0 Å². The minimum absolute atomic E-state index is 0.202. The number of aryl methyl sites for hydroxylation is 1. The number of aromatic nitrogens is 4. The van der Waals surface area contributed by atoms with Crippen molar-refractivity contribution < 1.29 is 4.79 Å². The molecule has 3 aromatic rings. The molecular formula is C16H18N6OS. The van der Waals surface area contributed by atoms with E-state index in [1.165, 1.54) is 11.3 Å². The summed E-state index contributed by atoms with van der Waals surface area (Å²) in [5.74, 6) is 0. The molecule has 0 atom stereocenters. The second-order valence-corrected chi connectivity index (χ2v) is 6.16. The van der Waals surface area contributed by atoms with Gasteiger partial charge < -0.3 is 10.6 Å². The lowest BCUT2D eigenvalue weighted by atomic mass is 10.2. The molecular weight excluding hydrogens is 324 g/mol. The molecule has 8 heteroatoms. The highest BCUT2D eigenvalue weighted by Gasteiger charge is 2.07. The number of carbonyl (C=O) groups is 1. The molecule has 0 spiro atoms. The van der Waals surface area contributed by atoms with Crippen LogP contribution in [0.25, 0.3) is 10.6 Å². The van der Waals surface area contributed by atoms with Gasteiger partial charge in [0.2, 0.25) is 0 Å². The van der Waals surface area contributed by atoms with E-state index in [1.54, 1.807) is 6.20 Å². The molecule has 0 unspecified atom stereocenters. The van der Waals surface area contributed by atoms with Gasteiger partial charge in [0.15, 0.2) is 0 Å². The first kappa shape index (κ1) is 16.1. The largest absolute Gasteiger partial charge is 0.338 e. The van der Waals surface area contributed by atoms with E-state index in [0.717, 1.165) is 28.5 Å². The normalized spacial score (nSPS) is 10.5. The van der Waals surface area contributed by atoms with Crippen molar-refractivity contribution in [2.75, 3.05) is 6.54 Å². The summed E-state index contributed by atoms with van der Waals surface area (Å²) in [7, 11) is 0. The van der Waals surface area contributed by atoms with Crippen LogP contribution in [-0.4, -0.2) is 32.6 Å². The molecule has 0 aliphatic rings. The van der Waals surface area contributed by atoms with Gasteiger partial charge in [-0.15, -0.1) is 10.2 Å². The van der Waals surface area contributed by atoms with Gasteiger partial charge in [-0.2, -0.15) is 5.10 Å². The lowest BCUT2D eigenvalue weighted by Gasteiger charge is -2.06. The Morgan fingerprint density at radius 1 is 1.12 bits per heavy atom. The third-order valence-electron chi connectivity index (χ3n) is 3.30. The summed E-state index contributed by atoms with van der Waals surface area (Å²) in [5.41, 5.74) is 1.03. The molecule has 0 saturated carbocycles. The highest BCUT2D eigenvalue weighted by molar-refractivity contribution is 7.14. The fraction of sp³-hybridized carbons (Fsp3) is 0.250. The van der Waals surface area contributed by atoms with E-state index in [1.807, 2.05) is 47.3 Å². The molecule has 0 saturated heterocycles. The minimum atomic E-state index is -0.202. The Bertz CT molecular complexity index is 756. The predicted molar refractivity (Wildman–Crippen MR) is 92.4 cm³/mol. The quantitative estimate of drug-likeness (QED) is 0.645. The SMILES string of the molecule is O=C(NCCCn1cccn1)NCc1nnc(-c2ccccc2)s1. The molecule has 2 aromatic heterocycles. The van der Waals surface area contributed by atoms with Crippen LogP contribution >= 0.6 is 11.3 Å². The molecule has 0 radical (unpaired) electrons. The van der Waals surface area contributed by atoms with Crippen molar-refractivity contribution in [2.24, 2.45) is 0 Å². The Hall–Kier alpha value is -2.74. The number of hydrogen-bond acceptors (Lipinski definition) is 5. The molecule has 2 N–H and O–H groups in total. The Kier molecular flexibility index (Phi) is 5.52. The van der Waals surface area contributed by atoms with Crippen LogP contribution in [-0.2, 0) is 13.1 Å². The van der Waals surface area contributed by atoms with E-state index in [-0.39, 0.29) is 6.03 Å². The van der Waals surface area contributed by atoms with Crippen LogP contribution in [0.5, 0.6) is 0 Å². The summed E-state index contributed by atoms with van der Waals surface area (Å²) in [5, 5.41) is 19.6. The van der Waals surface area contributed by atoms with Crippen molar-refractivity contribution in [3.63, 3.8) is 0 Å². The van der Waals surface area contributed by atoms with Gasteiger partial charge in [0.25, 0.3) is 0 Å². The number of nitrogens with one attached hydrogen (secondary N) is 2. The second kappa shape index (κ2) is 8.21. The van der Waals surface area contributed by atoms with E-state index in [9.17, 15) is 4.79 Å². The number of hydrogen-bond donors (Lipinski definition) is 2. The summed E-state index contributed by atoms with van der Waals surface area (Å²) in [4.78, 5) is 11.8. The zero-order valence-corrected chi connectivity index (χ0v) is 13.9. The summed E-state index contributed by atoms with van der Waals surface area (Å²) in [6.45, 7) is 1.75. The second-order valence-electron chi connectivity index (χ2n) is 5.10. The highest BCUT2D eigenvalue weighted by atomic mass is 32.1. The molecule has 0 aliphatic carbocycles. The summed E-state index contributed by atoms with van der Waals surface area (Å²) in [6, 6.07) is 11.5. The van der Waals surface area contributed by atoms with Gasteiger partial charge >= 0.3 is 6.03 Å². The number of rotatable bonds is 7. The van der Waals surface area contributed by atoms with Crippen LogP contribution in [0.4, 0.5) is 4.79 Å². The van der Waals surface area contributed by atoms with Gasteiger partial charge in [0.1, 0.15) is 10.0 Å². The summed E-state index contributed by atoms with van der Waals surface area (Å²) in [6.07, 6.45) is 4.47. The Morgan fingerprint density at radius 2 is 2.00 bits per heavy atom. The van der Waals surface area contributed by atoms with Gasteiger partial charge in [0, 0.05) is 31.0 Å². The van der Waals surface area contributed by atoms with E-state index in [4.69, 9.17) is 0 Å². The topological polar surface area (TPSA) is 84.7 Å². The first-order chi connectivity index (χ1) is 11.8. The maximum atomic E-state index is 11.8. The average Bonchev–Trinajstić information content (AvgIpc) is 3.29. The number of amides is 2. The van der Waals surface area contributed by atoms with Crippen molar-refractivity contribution in [3.05, 3.63) is 53.8 Å². The Balaban J connectivity index is 1.38. The van der Waals surface area contributed by atoms with E-state index >= 15 is 0 Å². The van der Waals surface area contributed by atoms with E-state index in [0.29, 0.717) is 13.1 Å². The van der Waals surface area contributed by atoms with Crippen molar-refractivity contribution in [2.45, 2.75) is 19.5 Å². The van der Waals surface area contributed by atoms with Gasteiger partial charge in [-0.1, -0.05) is 41.7 Å². The number of benzene rings is 1. The Morgan fingerprint density at radius 3 is 2.79 bits per heavy atom. The minimum Gasteiger partial charge on any atom is -0.338 e. The van der Waals surface area contributed by atoms with Gasteiger partial charge in [-0.25, -0.2) is 4.79 Å². The first-order valence-electron chi connectivity index (χ1n) is 7.68. The summed E-state index contributed by atoms with van der Waals surface area (Å²) >= 11 is 1.48. The standard InChI is InChI=1S/C16H18N6OS/c23-16(17-8-4-10-22-11-5-9-19-22)18-12-14-20-21-15(24-14)13-6-2-1-3-7-13/h1-3,5-7,9,11H,4,8,10,12H2,(H2,17,18,23). The molecule has 0 fully saturated rings. The van der Waals surface area contributed by atoms with Crippen molar-refractivity contribution in [3.8, 4) is 10.6 Å². The zero-order chi connectivity index (χ0) is 16.6. The van der Waals surface area contributed by atoms with Crippen molar-refractivity contribution in [1.82, 2.24) is 30.6 Å². The average molecular weight is 342 g/mol. The van der Waals surface area contributed by atoms with Gasteiger partial charge in [-0.3, -0.25) is 4.68 Å². The van der Waals surface area contributed by atoms with Crippen LogP contribution in [0.1, 0.15) is 11.4 Å². The predicted octanol–water partition coefficient (Wildman–Crippen LogP) is 2.29. The molecule has 124 valence electrons. The zero-order valence-electron chi connectivity index (χ0n) is 13.1. The van der Waals surface area contributed by atoms with Crippen LogP contribution in [0.15, 0.2) is 48.8 Å². The van der Waals surface area contributed by atoms with Crippen molar-refractivity contribution in [1.29, 1.82) is 0 Å². The number of urea groups is 1. The van der Waals surface area contributed by atoms with Crippen LogP contribution in [0.3, 0.4) is 0 Å². The van der Waals surface area contributed by atoms with E-state index in [2.05, 4.69) is 25.9 Å². The molecule has 7 nitrogen and oxygen atoms in total. The van der Waals surface area contributed by atoms with E-state index < -0.39 is 0 Å². The molecule has 0 bridgehead atoms. The maximum Gasteiger partial charge on any atom is 0.315 e. The highest BCUT2D eigenvalue weighted by Crippen LogP contribution is 2.22. The fourth-order valence-electron chi connectivity index (χ4n) is 2.12. The molecule has 2 amide bonds. The molecule has 1 aromatic carbocycles. The summed E-state index contributed by atoms with van der Waals surface area (Å²) < 4.78 is 1.84. The lowest BCUT2D eigenvalue weighted by molar-refractivity contribution is 0.240.